The maximum Gasteiger partial charge on any atom is 0.300 e. The average Bonchev–Trinajstić information content (AvgIpc) is 2.69. The van der Waals surface area contributed by atoms with Crippen LogP contribution in [0.1, 0.15) is 50.5 Å². The third-order valence-corrected chi connectivity index (χ3v) is 7.17. The van der Waals surface area contributed by atoms with Crippen molar-refractivity contribution in [2.45, 2.75) is 56.7 Å². The molecule has 4 nitrogen and oxygen atoms in total. The Hall–Kier alpha value is -1.39. The molecule has 1 unspecified atom stereocenters. The Kier molecular flexibility index (Phi) is 4.83. The molecule has 0 aromatic heterocycles. The van der Waals surface area contributed by atoms with Crippen LogP contribution in [0.4, 0.5) is 0 Å². The zero-order valence-electron chi connectivity index (χ0n) is 15.9. The van der Waals surface area contributed by atoms with Crippen LogP contribution in [0.15, 0.2) is 30.3 Å². The SMILES string of the molecule is C[N+]12CCC(CC1)[C@@H](OC(=O)C([O-])(c1ccccc1)C1CCCCC1)C2. The maximum atomic E-state index is 14.0. The largest absolute Gasteiger partial charge is 0.837 e. The number of quaternary nitrogens is 1. The lowest BCUT2D eigenvalue weighted by atomic mass is 9.73. The van der Waals surface area contributed by atoms with E-state index in [1.165, 1.54) is 13.1 Å². The van der Waals surface area contributed by atoms with E-state index in [9.17, 15) is 9.90 Å². The highest BCUT2D eigenvalue weighted by Gasteiger charge is 2.47. The first-order valence-corrected chi connectivity index (χ1v) is 10.3. The van der Waals surface area contributed by atoms with Gasteiger partial charge in [0.1, 0.15) is 6.54 Å². The first kappa shape index (κ1) is 18.0. The van der Waals surface area contributed by atoms with E-state index >= 15 is 0 Å². The topological polar surface area (TPSA) is 49.4 Å². The molecule has 5 rings (SSSR count). The zero-order chi connectivity index (χ0) is 18.2. The molecular formula is C22H31NO3. The lowest BCUT2D eigenvalue weighted by Gasteiger charge is -2.52. The normalized spacial score (nSPS) is 34.2. The highest BCUT2D eigenvalue weighted by atomic mass is 16.6. The fourth-order valence-electron chi connectivity index (χ4n) is 5.42. The fourth-order valence-corrected chi connectivity index (χ4v) is 5.42. The van der Waals surface area contributed by atoms with Gasteiger partial charge in [-0.15, -0.1) is 0 Å². The standard InChI is InChI=1S/C22H31NO3/c1-23-14-12-17(13-15-23)20(16-23)26-21(24)22(25,18-8-4-2-5-9-18)19-10-6-3-7-11-19/h2,4-5,8-9,17,19-20H,3,6-7,10-16H2,1H3/t17?,20-,22?,23?/m0/s1. The summed E-state index contributed by atoms with van der Waals surface area (Å²) in [5, 5.41) is 14.0. The Bertz CT molecular complexity index is 632. The van der Waals surface area contributed by atoms with Crippen molar-refractivity contribution in [3.05, 3.63) is 35.9 Å². The molecule has 3 aliphatic heterocycles. The number of likely N-dealkylation sites (N-methyl/N-ethyl adjacent to an activating group) is 1. The molecule has 1 saturated carbocycles. The summed E-state index contributed by atoms with van der Waals surface area (Å²) in [4.78, 5) is 13.3. The number of fused-ring (bicyclic) bond motifs is 3. The van der Waals surface area contributed by atoms with Gasteiger partial charge in [-0.1, -0.05) is 62.4 Å². The summed E-state index contributed by atoms with van der Waals surface area (Å²) in [6, 6.07) is 9.24. The van der Waals surface area contributed by atoms with Crippen LogP contribution >= 0.6 is 0 Å². The second-order valence-corrected chi connectivity index (χ2v) is 8.97. The van der Waals surface area contributed by atoms with Crippen molar-refractivity contribution in [2.75, 3.05) is 26.7 Å². The number of nitrogens with zero attached hydrogens (tertiary/aromatic N) is 1. The number of ether oxygens (including phenoxy) is 1. The molecule has 0 amide bonds. The summed E-state index contributed by atoms with van der Waals surface area (Å²) < 4.78 is 6.98. The Morgan fingerprint density at radius 1 is 1.08 bits per heavy atom. The molecular weight excluding hydrogens is 326 g/mol. The predicted octanol–water partition coefficient (Wildman–Crippen LogP) is 2.60. The van der Waals surface area contributed by atoms with Crippen LogP contribution in [-0.2, 0) is 15.1 Å². The first-order valence-electron chi connectivity index (χ1n) is 10.3. The quantitative estimate of drug-likeness (QED) is 0.615. The highest BCUT2D eigenvalue weighted by molar-refractivity contribution is 5.81. The number of esters is 1. The van der Waals surface area contributed by atoms with Crippen LogP contribution < -0.4 is 5.11 Å². The van der Waals surface area contributed by atoms with Gasteiger partial charge in [0.25, 0.3) is 0 Å². The van der Waals surface area contributed by atoms with Gasteiger partial charge in [0, 0.05) is 24.4 Å². The number of piperidine rings is 3. The van der Waals surface area contributed by atoms with E-state index in [0.717, 1.165) is 56.0 Å². The molecule has 4 heteroatoms. The van der Waals surface area contributed by atoms with Gasteiger partial charge < -0.3 is 14.3 Å². The van der Waals surface area contributed by atoms with Gasteiger partial charge in [0.15, 0.2) is 6.10 Å². The summed E-state index contributed by atoms with van der Waals surface area (Å²) in [6.45, 7) is 3.21. The van der Waals surface area contributed by atoms with E-state index in [1.54, 1.807) is 0 Å². The number of benzene rings is 1. The minimum atomic E-state index is -1.76. The predicted molar refractivity (Wildman–Crippen MR) is 98.1 cm³/mol. The summed E-state index contributed by atoms with van der Waals surface area (Å²) in [6.07, 6.45) is 7.02. The second kappa shape index (κ2) is 6.97. The van der Waals surface area contributed by atoms with Gasteiger partial charge >= 0.3 is 5.97 Å². The van der Waals surface area contributed by atoms with Gasteiger partial charge in [-0.2, -0.15) is 0 Å². The number of carbonyl (C=O) groups excluding carboxylic acids is 1. The third kappa shape index (κ3) is 3.18. The minimum Gasteiger partial charge on any atom is -0.837 e. The van der Waals surface area contributed by atoms with Crippen LogP contribution in [0.2, 0.25) is 0 Å². The van der Waals surface area contributed by atoms with Crippen molar-refractivity contribution in [2.24, 2.45) is 11.8 Å². The van der Waals surface area contributed by atoms with E-state index in [2.05, 4.69) is 7.05 Å². The van der Waals surface area contributed by atoms with E-state index in [-0.39, 0.29) is 12.0 Å². The third-order valence-electron chi connectivity index (χ3n) is 7.17. The zero-order valence-corrected chi connectivity index (χ0v) is 15.9. The molecule has 2 bridgehead atoms. The van der Waals surface area contributed by atoms with Crippen LogP contribution in [-0.4, -0.2) is 43.2 Å². The van der Waals surface area contributed by atoms with Crippen LogP contribution in [0.25, 0.3) is 0 Å². The van der Waals surface area contributed by atoms with Gasteiger partial charge in [0.05, 0.1) is 20.1 Å². The summed E-state index contributed by atoms with van der Waals surface area (Å²) in [5.41, 5.74) is -1.18. The maximum absolute atomic E-state index is 14.0. The molecule has 3 saturated heterocycles. The van der Waals surface area contributed by atoms with E-state index in [4.69, 9.17) is 4.74 Å². The smallest absolute Gasteiger partial charge is 0.300 e. The molecule has 1 aliphatic carbocycles. The van der Waals surface area contributed by atoms with Crippen LogP contribution in [0, 0.1) is 11.8 Å². The lowest BCUT2D eigenvalue weighted by Crippen LogP contribution is -2.64. The number of carbonyl (C=O) groups is 1. The Morgan fingerprint density at radius 2 is 1.73 bits per heavy atom. The number of rotatable bonds is 4. The van der Waals surface area contributed by atoms with Gasteiger partial charge in [0.2, 0.25) is 0 Å². The Morgan fingerprint density at radius 3 is 2.35 bits per heavy atom. The Labute approximate surface area is 156 Å². The van der Waals surface area contributed by atoms with Crippen molar-refractivity contribution < 1.29 is 19.1 Å². The molecule has 26 heavy (non-hydrogen) atoms. The monoisotopic (exact) mass is 357 g/mol. The van der Waals surface area contributed by atoms with Crippen molar-refractivity contribution >= 4 is 5.97 Å². The molecule has 4 fully saturated rings. The molecule has 0 N–H and O–H groups in total. The van der Waals surface area contributed by atoms with Gasteiger partial charge in [-0.25, -0.2) is 0 Å². The van der Waals surface area contributed by atoms with Gasteiger partial charge in [-0.05, 0) is 11.5 Å². The molecule has 3 heterocycles. The lowest BCUT2D eigenvalue weighted by molar-refractivity contribution is -0.928. The van der Waals surface area contributed by atoms with Crippen molar-refractivity contribution in [3.63, 3.8) is 0 Å². The highest BCUT2D eigenvalue weighted by Crippen LogP contribution is 2.40. The van der Waals surface area contributed by atoms with Crippen LogP contribution in [0.5, 0.6) is 0 Å². The molecule has 2 atom stereocenters. The molecule has 0 radical (unpaired) electrons. The van der Waals surface area contributed by atoms with E-state index in [1.807, 2.05) is 30.3 Å². The Balaban J connectivity index is 1.58. The summed E-state index contributed by atoms with van der Waals surface area (Å²) in [5.74, 6) is -0.247. The first-order chi connectivity index (χ1) is 12.5. The van der Waals surface area contributed by atoms with Crippen LogP contribution in [0.3, 0.4) is 0 Å². The summed E-state index contributed by atoms with van der Waals surface area (Å²) >= 11 is 0. The van der Waals surface area contributed by atoms with Crippen molar-refractivity contribution in [1.82, 2.24) is 0 Å². The molecule has 0 spiro atoms. The van der Waals surface area contributed by atoms with E-state index < -0.39 is 11.6 Å². The van der Waals surface area contributed by atoms with E-state index in [0.29, 0.717) is 11.5 Å². The number of hydrogen-bond acceptors (Lipinski definition) is 3. The molecule has 1 aromatic carbocycles. The molecule has 4 aliphatic rings. The molecule has 1 aromatic rings. The summed E-state index contributed by atoms with van der Waals surface area (Å²) in [7, 11) is 2.25. The van der Waals surface area contributed by atoms with Crippen molar-refractivity contribution in [3.8, 4) is 0 Å². The van der Waals surface area contributed by atoms with Crippen molar-refractivity contribution in [1.29, 1.82) is 0 Å². The average molecular weight is 357 g/mol. The minimum absolute atomic E-state index is 0.0874. The number of hydrogen-bond donors (Lipinski definition) is 0. The molecule has 142 valence electrons. The second-order valence-electron chi connectivity index (χ2n) is 8.97. The fraction of sp³-hybridized carbons (Fsp3) is 0.682. The van der Waals surface area contributed by atoms with Gasteiger partial charge in [-0.3, -0.25) is 4.79 Å².